The number of fused-ring (bicyclic) bond motifs is 1. The lowest BCUT2D eigenvalue weighted by molar-refractivity contribution is -0.121. The van der Waals surface area contributed by atoms with Crippen LogP contribution in [0.1, 0.15) is 13.3 Å². The van der Waals surface area contributed by atoms with Crippen LogP contribution in [0.15, 0.2) is 42.5 Å². The van der Waals surface area contributed by atoms with Crippen molar-refractivity contribution in [3.63, 3.8) is 0 Å². The molecule has 0 unspecified atom stereocenters. The van der Waals surface area contributed by atoms with Gasteiger partial charge < -0.3 is 24.4 Å². The Labute approximate surface area is 157 Å². The average Bonchev–Trinajstić information content (AvgIpc) is 2.69. The van der Waals surface area contributed by atoms with E-state index in [1.54, 1.807) is 48.4 Å². The Balaban J connectivity index is 1.64. The molecule has 0 spiro atoms. The molecule has 2 aromatic carbocycles. The lowest BCUT2D eigenvalue weighted by Gasteiger charge is -2.29. The maximum atomic E-state index is 12.2. The normalized spacial score (nSPS) is 12.8. The Morgan fingerprint density at radius 2 is 2.00 bits per heavy atom. The molecule has 0 atom stereocenters. The van der Waals surface area contributed by atoms with Crippen molar-refractivity contribution in [3.05, 3.63) is 42.5 Å². The predicted molar refractivity (Wildman–Crippen MR) is 102 cm³/mol. The molecule has 1 aliphatic rings. The minimum atomic E-state index is -0.307. The molecule has 2 aromatic rings. The second kappa shape index (κ2) is 8.44. The van der Waals surface area contributed by atoms with Gasteiger partial charge in [0, 0.05) is 18.3 Å². The molecule has 3 rings (SSSR count). The lowest BCUT2D eigenvalue weighted by atomic mass is 10.2. The molecule has 7 nitrogen and oxygen atoms in total. The van der Waals surface area contributed by atoms with Gasteiger partial charge in [0.2, 0.25) is 0 Å². The number of hydrogen-bond donors (Lipinski definition) is 1. The Hall–Kier alpha value is -3.22. The topological polar surface area (TPSA) is 77.1 Å². The second-order valence-electron chi connectivity index (χ2n) is 6.00. The fourth-order valence-electron chi connectivity index (χ4n) is 2.83. The van der Waals surface area contributed by atoms with E-state index < -0.39 is 0 Å². The fourth-order valence-corrected chi connectivity index (χ4v) is 2.83. The summed E-state index contributed by atoms with van der Waals surface area (Å²) in [5.74, 6) is 1.27. The van der Waals surface area contributed by atoms with Crippen LogP contribution in [0.4, 0.5) is 11.4 Å². The number of hydrogen-bond acceptors (Lipinski definition) is 5. The van der Waals surface area contributed by atoms with Crippen molar-refractivity contribution in [1.29, 1.82) is 0 Å². The Kier molecular flexibility index (Phi) is 5.80. The summed E-state index contributed by atoms with van der Waals surface area (Å²) >= 11 is 0. The average molecular weight is 370 g/mol. The van der Waals surface area contributed by atoms with Crippen molar-refractivity contribution in [2.45, 2.75) is 13.3 Å². The molecular weight excluding hydrogens is 348 g/mol. The maximum Gasteiger partial charge on any atom is 0.265 e. The number of amides is 2. The quantitative estimate of drug-likeness (QED) is 0.811. The summed E-state index contributed by atoms with van der Waals surface area (Å²) in [6.45, 7) is 2.49. The molecule has 0 aromatic heterocycles. The number of anilines is 2. The minimum absolute atomic E-state index is 0.00130. The number of nitrogens with zero attached hydrogens (tertiary/aromatic N) is 1. The lowest BCUT2D eigenvalue weighted by Crippen LogP contribution is -2.39. The largest absolute Gasteiger partial charge is 0.493 e. The summed E-state index contributed by atoms with van der Waals surface area (Å²) in [6.07, 6.45) is 0.851. The zero-order chi connectivity index (χ0) is 19.2. The minimum Gasteiger partial charge on any atom is -0.493 e. The summed E-state index contributed by atoms with van der Waals surface area (Å²) < 4.78 is 16.2. The van der Waals surface area contributed by atoms with Gasteiger partial charge in [-0.3, -0.25) is 9.59 Å². The summed E-state index contributed by atoms with van der Waals surface area (Å²) in [5.41, 5.74) is 1.30. The van der Waals surface area contributed by atoms with Gasteiger partial charge in [-0.15, -0.1) is 0 Å². The molecule has 7 heteroatoms. The monoisotopic (exact) mass is 370 g/mol. The zero-order valence-corrected chi connectivity index (χ0v) is 15.4. The van der Waals surface area contributed by atoms with E-state index in [0.717, 1.165) is 12.1 Å². The number of benzene rings is 2. The van der Waals surface area contributed by atoms with Crippen molar-refractivity contribution < 1.29 is 23.8 Å². The molecule has 1 aliphatic heterocycles. The van der Waals surface area contributed by atoms with E-state index in [-0.39, 0.29) is 25.0 Å². The smallest absolute Gasteiger partial charge is 0.265 e. The molecule has 1 N–H and O–H groups in total. The van der Waals surface area contributed by atoms with E-state index in [1.807, 2.05) is 13.0 Å². The molecule has 0 saturated carbocycles. The number of carbonyl (C=O) groups is 2. The summed E-state index contributed by atoms with van der Waals surface area (Å²) in [6, 6.07) is 12.4. The number of carbonyl (C=O) groups excluding carboxylic acids is 2. The van der Waals surface area contributed by atoms with Crippen LogP contribution in [0.5, 0.6) is 17.2 Å². The van der Waals surface area contributed by atoms with Crippen LogP contribution in [-0.2, 0) is 9.59 Å². The van der Waals surface area contributed by atoms with Crippen LogP contribution >= 0.6 is 0 Å². The molecule has 0 saturated heterocycles. The van der Waals surface area contributed by atoms with Crippen molar-refractivity contribution >= 4 is 23.2 Å². The Morgan fingerprint density at radius 3 is 2.74 bits per heavy atom. The number of ether oxygens (including phenoxy) is 3. The van der Waals surface area contributed by atoms with Crippen LogP contribution in [-0.4, -0.2) is 38.7 Å². The first-order chi connectivity index (χ1) is 13.1. The molecule has 142 valence electrons. The van der Waals surface area contributed by atoms with Gasteiger partial charge in [-0.25, -0.2) is 0 Å². The molecule has 1 heterocycles. The highest BCUT2D eigenvalue weighted by atomic mass is 16.5. The van der Waals surface area contributed by atoms with Crippen LogP contribution in [0, 0.1) is 0 Å². The Morgan fingerprint density at radius 1 is 1.22 bits per heavy atom. The molecule has 0 radical (unpaired) electrons. The van der Waals surface area contributed by atoms with Crippen LogP contribution < -0.4 is 24.4 Å². The molecule has 0 fully saturated rings. The van der Waals surface area contributed by atoms with Gasteiger partial charge in [-0.1, -0.05) is 19.1 Å². The summed E-state index contributed by atoms with van der Waals surface area (Å²) in [7, 11) is 1.54. The third kappa shape index (κ3) is 4.31. The highest BCUT2D eigenvalue weighted by Gasteiger charge is 2.25. The highest BCUT2D eigenvalue weighted by Crippen LogP contribution is 2.34. The fraction of sp³-hybridized carbons (Fsp3) is 0.300. The molecule has 27 heavy (non-hydrogen) atoms. The van der Waals surface area contributed by atoms with E-state index in [0.29, 0.717) is 29.5 Å². The summed E-state index contributed by atoms with van der Waals surface area (Å²) in [4.78, 5) is 25.9. The van der Waals surface area contributed by atoms with Gasteiger partial charge in [0.1, 0.15) is 5.75 Å². The number of rotatable bonds is 7. The number of para-hydroxylation sites is 2. The van der Waals surface area contributed by atoms with Gasteiger partial charge in [0.05, 0.1) is 12.8 Å². The van der Waals surface area contributed by atoms with Crippen molar-refractivity contribution in [1.82, 2.24) is 0 Å². The van der Waals surface area contributed by atoms with E-state index in [1.165, 1.54) is 0 Å². The van der Waals surface area contributed by atoms with Crippen molar-refractivity contribution in [3.8, 4) is 17.2 Å². The molecule has 0 aliphatic carbocycles. The van der Waals surface area contributed by atoms with E-state index in [9.17, 15) is 9.59 Å². The van der Waals surface area contributed by atoms with Gasteiger partial charge in [-0.2, -0.15) is 0 Å². The van der Waals surface area contributed by atoms with Crippen molar-refractivity contribution in [2.24, 2.45) is 0 Å². The molecule has 0 bridgehead atoms. The van der Waals surface area contributed by atoms with Gasteiger partial charge in [0.15, 0.2) is 24.7 Å². The highest BCUT2D eigenvalue weighted by molar-refractivity contribution is 5.99. The van der Waals surface area contributed by atoms with E-state index >= 15 is 0 Å². The molecule has 2 amide bonds. The van der Waals surface area contributed by atoms with Gasteiger partial charge in [0.25, 0.3) is 11.8 Å². The first kappa shape index (κ1) is 18.6. The van der Waals surface area contributed by atoms with Crippen LogP contribution in [0.25, 0.3) is 0 Å². The first-order valence-electron chi connectivity index (χ1n) is 8.75. The van der Waals surface area contributed by atoms with Gasteiger partial charge >= 0.3 is 0 Å². The maximum absolute atomic E-state index is 12.2. The summed E-state index contributed by atoms with van der Waals surface area (Å²) in [5, 5.41) is 2.77. The standard InChI is InChI=1S/C20H22N2O5/c1-3-10-22-15-9-8-14(11-18(15)27-13-20(22)24)21-19(23)12-26-17-7-5-4-6-16(17)25-2/h4-9,11H,3,10,12-13H2,1-2H3,(H,21,23). The van der Waals surface area contributed by atoms with E-state index in [4.69, 9.17) is 14.2 Å². The van der Waals surface area contributed by atoms with Crippen LogP contribution in [0.3, 0.4) is 0 Å². The Bertz CT molecular complexity index is 837. The zero-order valence-electron chi connectivity index (χ0n) is 15.4. The van der Waals surface area contributed by atoms with Gasteiger partial charge in [-0.05, 0) is 30.7 Å². The molecular formula is C20H22N2O5. The third-order valence-corrected chi connectivity index (χ3v) is 4.06. The third-order valence-electron chi connectivity index (χ3n) is 4.06. The van der Waals surface area contributed by atoms with E-state index in [2.05, 4.69) is 5.32 Å². The SMILES string of the molecule is CCCN1C(=O)COc2cc(NC(=O)COc3ccccc3OC)ccc21. The number of nitrogens with one attached hydrogen (secondary N) is 1. The first-order valence-corrected chi connectivity index (χ1v) is 8.75. The predicted octanol–water partition coefficient (Wildman–Crippen LogP) is 2.85. The van der Waals surface area contributed by atoms with Crippen molar-refractivity contribution in [2.75, 3.05) is 37.1 Å². The number of methoxy groups -OCH3 is 1. The second-order valence-corrected chi connectivity index (χ2v) is 6.00. The van der Waals surface area contributed by atoms with Crippen LogP contribution in [0.2, 0.25) is 0 Å².